The average Bonchev–Trinajstić information content (AvgIpc) is 2.80. The van der Waals surface area contributed by atoms with E-state index in [4.69, 9.17) is 9.47 Å². The third kappa shape index (κ3) is 5.30. The maximum atomic E-state index is 12.0. The van der Waals surface area contributed by atoms with Crippen LogP contribution in [0.5, 0.6) is 17.2 Å². The molecule has 0 atom stereocenters. The monoisotopic (exact) mass is 421 g/mol. The highest BCUT2D eigenvalue weighted by Crippen LogP contribution is 2.27. The van der Waals surface area contributed by atoms with Gasteiger partial charge in [-0.25, -0.2) is 5.43 Å². The van der Waals surface area contributed by atoms with Gasteiger partial charge in [-0.15, -0.1) is 0 Å². The Balaban J connectivity index is 1.54. The first-order chi connectivity index (χ1) is 15.0. The molecule has 2 amide bonds. The number of carbonyl (C=O) groups is 2. The molecule has 0 saturated heterocycles. The van der Waals surface area contributed by atoms with Crippen LogP contribution in [0.2, 0.25) is 0 Å². The lowest BCUT2D eigenvalue weighted by molar-refractivity contribution is -0.139. The molecule has 0 fully saturated rings. The van der Waals surface area contributed by atoms with Crippen molar-refractivity contribution in [3.8, 4) is 17.2 Å². The molecule has 0 heterocycles. The second-order valence-corrected chi connectivity index (χ2v) is 6.61. The molecular weight excluding hydrogens is 398 g/mol. The number of nitrogens with one attached hydrogen (secondary N) is 2. The second kappa shape index (κ2) is 10.1. The van der Waals surface area contributed by atoms with Crippen molar-refractivity contribution >= 4 is 28.8 Å². The topological polar surface area (TPSA) is 109 Å². The number of phenolic OH excluding ortho intramolecular Hbond substituents is 1. The lowest BCUT2D eigenvalue weighted by Crippen LogP contribution is -2.38. The fraction of sp³-hybridized carbons (Fsp3) is 0.174. The number of ether oxygens (including phenoxy) is 2. The van der Waals surface area contributed by atoms with Crippen LogP contribution in [0, 0.1) is 0 Å². The summed E-state index contributed by atoms with van der Waals surface area (Å²) in [7, 11) is 3.10. The minimum absolute atomic E-state index is 0.0241. The first-order valence-electron chi connectivity index (χ1n) is 9.56. The number of hydrogen-bond donors (Lipinski definition) is 3. The van der Waals surface area contributed by atoms with Crippen molar-refractivity contribution in [3.63, 3.8) is 0 Å². The molecule has 0 radical (unpaired) electrons. The van der Waals surface area contributed by atoms with Crippen LogP contribution in [0.15, 0.2) is 59.7 Å². The smallest absolute Gasteiger partial charge is 0.329 e. The highest BCUT2D eigenvalue weighted by atomic mass is 16.5. The van der Waals surface area contributed by atoms with Crippen molar-refractivity contribution in [1.29, 1.82) is 0 Å². The van der Waals surface area contributed by atoms with Crippen molar-refractivity contribution < 1.29 is 24.2 Å². The summed E-state index contributed by atoms with van der Waals surface area (Å²) < 4.78 is 10.4. The third-order valence-electron chi connectivity index (χ3n) is 4.66. The number of rotatable bonds is 7. The molecule has 0 aliphatic heterocycles. The number of hydrazone groups is 1. The maximum absolute atomic E-state index is 12.0. The number of amides is 2. The highest BCUT2D eigenvalue weighted by Gasteiger charge is 2.12. The molecule has 3 N–H and O–H groups in total. The summed E-state index contributed by atoms with van der Waals surface area (Å²) in [5.74, 6) is -0.473. The van der Waals surface area contributed by atoms with Gasteiger partial charge in [0.15, 0.2) is 11.5 Å². The van der Waals surface area contributed by atoms with Crippen LogP contribution in [-0.2, 0) is 16.0 Å². The lowest BCUT2D eigenvalue weighted by Gasteiger charge is -2.10. The van der Waals surface area contributed by atoms with E-state index in [2.05, 4.69) is 15.8 Å². The van der Waals surface area contributed by atoms with Gasteiger partial charge >= 0.3 is 11.8 Å². The van der Waals surface area contributed by atoms with Crippen LogP contribution < -0.4 is 20.2 Å². The van der Waals surface area contributed by atoms with Gasteiger partial charge in [-0.1, -0.05) is 36.4 Å². The summed E-state index contributed by atoms with van der Waals surface area (Å²) in [6.45, 7) is 0.259. The van der Waals surface area contributed by atoms with Gasteiger partial charge in [0.1, 0.15) is 5.75 Å². The number of nitrogens with zero attached hydrogens (tertiary/aromatic N) is 1. The standard InChI is InChI=1S/C23H23N3O5/c1-30-20-10-7-15(13-21(20)31-2)11-12-24-22(28)23(29)26-25-14-18-17-6-4-3-5-16(17)8-9-19(18)27/h3-10,13-14,27H,11-12H2,1-2H3,(H,24,28)(H,26,29)/b25-14+. The fourth-order valence-electron chi connectivity index (χ4n) is 3.06. The number of carbonyl (C=O) groups excluding carboxylic acids is 2. The van der Waals surface area contributed by atoms with Crippen molar-refractivity contribution in [1.82, 2.24) is 10.7 Å². The molecule has 160 valence electrons. The minimum atomic E-state index is -0.900. The van der Waals surface area contributed by atoms with E-state index in [-0.39, 0.29) is 12.3 Å². The van der Waals surface area contributed by atoms with E-state index in [1.165, 1.54) is 6.21 Å². The number of phenols is 1. The van der Waals surface area contributed by atoms with Crippen molar-refractivity contribution in [3.05, 3.63) is 65.7 Å². The van der Waals surface area contributed by atoms with Crippen molar-refractivity contribution in [2.24, 2.45) is 5.10 Å². The van der Waals surface area contributed by atoms with Crippen LogP contribution in [0.1, 0.15) is 11.1 Å². The van der Waals surface area contributed by atoms with Crippen molar-refractivity contribution in [2.75, 3.05) is 20.8 Å². The van der Waals surface area contributed by atoms with Gasteiger partial charge in [-0.3, -0.25) is 9.59 Å². The molecular formula is C23H23N3O5. The fourth-order valence-corrected chi connectivity index (χ4v) is 3.06. The quantitative estimate of drug-likeness (QED) is 0.308. The predicted octanol–water partition coefficient (Wildman–Crippen LogP) is 2.37. The SMILES string of the molecule is COc1ccc(CCNC(=O)C(=O)N/N=C/c2c(O)ccc3ccccc23)cc1OC. The Morgan fingerprint density at radius 1 is 1.00 bits per heavy atom. The lowest BCUT2D eigenvalue weighted by atomic mass is 10.0. The van der Waals surface area contributed by atoms with Gasteiger partial charge in [0, 0.05) is 12.1 Å². The van der Waals surface area contributed by atoms with Crippen molar-refractivity contribution in [2.45, 2.75) is 6.42 Å². The molecule has 3 aromatic rings. The van der Waals surface area contributed by atoms with Gasteiger partial charge in [-0.2, -0.15) is 5.10 Å². The van der Waals surface area contributed by atoms with Gasteiger partial charge in [0.25, 0.3) is 0 Å². The Labute approximate surface area is 179 Å². The van der Waals surface area contributed by atoms with E-state index in [9.17, 15) is 14.7 Å². The van der Waals surface area contributed by atoms with Gasteiger partial charge in [0.2, 0.25) is 0 Å². The van der Waals surface area contributed by atoms with E-state index in [0.717, 1.165) is 16.3 Å². The summed E-state index contributed by atoms with van der Waals surface area (Å²) in [6, 6.07) is 16.2. The molecule has 0 spiro atoms. The van der Waals surface area contributed by atoms with Gasteiger partial charge in [-0.05, 0) is 41.0 Å². The van der Waals surface area contributed by atoms with E-state index in [1.54, 1.807) is 32.4 Å². The molecule has 0 aromatic heterocycles. The molecule has 0 aliphatic carbocycles. The maximum Gasteiger partial charge on any atom is 0.329 e. The van der Waals surface area contributed by atoms with Gasteiger partial charge < -0.3 is 19.9 Å². The molecule has 3 aromatic carbocycles. The zero-order chi connectivity index (χ0) is 22.2. The van der Waals surface area contributed by atoms with Crippen LogP contribution in [0.25, 0.3) is 10.8 Å². The zero-order valence-corrected chi connectivity index (χ0v) is 17.2. The first-order valence-corrected chi connectivity index (χ1v) is 9.56. The van der Waals surface area contributed by atoms with E-state index < -0.39 is 11.8 Å². The Morgan fingerprint density at radius 3 is 2.55 bits per heavy atom. The molecule has 8 heteroatoms. The largest absolute Gasteiger partial charge is 0.507 e. The third-order valence-corrected chi connectivity index (χ3v) is 4.66. The predicted molar refractivity (Wildman–Crippen MR) is 118 cm³/mol. The number of hydrogen-bond acceptors (Lipinski definition) is 6. The summed E-state index contributed by atoms with van der Waals surface area (Å²) in [6.07, 6.45) is 1.82. The number of aromatic hydroxyl groups is 1. The van der Waals surface area contributed by atoms with E-state index in [1.807, 2.05) is 36.4 Å². The average molecular weight is 421 g/mol. The number of benzene rings is 3. The summed E-state index contributed by atoms with van der Waals surface area (Å²) in [5, 5.41) is 18.1. The molecule has 0 saturated carbocycles. The normalized spacial score (nSPS) is 10.8. The van der Waals surface area contributed by atoms with Crippen LogP contribution in [0.3, 0.4) is 0 Å². The zero-order valence-electron chi connectivity index (χ0n) is 17.2. The Bertz CT molecular complexity index is 1130. The molecule has 0 bridgehead atoms. The molecule has 8 nitrogen and oxygen atoms in total. The van der Waals surface area contributed by atoms with Crippen LogP contribution in [-0.4, -0.2) is 43.9 Å². The Hall–Kier alpha value is -4.07. The minimum Gasteiger partial charge on any atom is -0.507 e. The number of fused-ring (bicyclic) bond motifs is 1. The molecule has 0 aliphatic rings. The number of methoxy groups -OCH3 is 2. The molecule has 3 rings (SSSR count). The Morgan fingerprint density at radius 2 is 1.77 bits per heavy atom. The van der Waals surface area contributed by atoms with Crippen LogP contribution in [0.4, 0.5) is 0 Å². The molecule has 0 unspecified atom stereocenters. The summed E-state index contributed by atoms with van der Waals surface area (Å²) in [4.78, 5) is 24.0. The summed E-state index contributed by atoms with van der Waals surface area (Å²) >= 11 is 0. The Kier molecular flexibility index (Phi) is 7.05. The summed E-state index contributed by atoms with van der Waals surface area (Å²) in [5.41, 5.74) is 3.55. The molecule has 31 heavy (non-hydrogen) atoms. The first kappa shape index (κ1) is 21.6. The second-order valence-electron chi connectivity index (χ2n) is 6.61. The van der Waals surface area contributed by atoms with Gasteiger partial charge in [0.05, 0.1) is 20.4 Å². The highest BCUT2D eigenvalue weighted by molar-refractivity contribution is 6.35. The van der Waals surface area contributed by atoms with E-state index in [0.29, 0.717) is 23.5 Å². The van der Waals surface area contributed by atoms with Crippen LogP contribution >= 0.6 is 0 Å². The van der Waals surface area contributed by atoms with E-state index >= 15 is 0 Å².